The van der Waals surface area contributed by atoms with E-state index < -0.39 is 0 Å². The molecule has 118 valence electrons. The van der Waals surface area contributed by atoms with Gasteiger partial charge in [-0.2, -0.15) is 10.1 Å². The highest BCUT2D eigenvalue weighted by atomic mass is 16.1. The summed E-state index contributed by atoms with van der Waals surface area (Å²) in [4.78, 5) is 21.9. The highest BCUT2D eigenvalue weighted by Crippen LogP contribution is 2.27. The highest BCUT2D eigenvalue weighted by molar-refractivity contribution is 5.76. The molecule has 0 bridgehead atoms. The normalized spacial score (nSPS) is 14.8. The van der Waals surface area contributed by atoms with Crippen LogP contribution in [0.1, 0.15) is 19.3 Å². The average molecular weight is 309 g/mol. The summed E-state index contributed by atoms with van der Waals surface area (Å²) in [5, 5.41) is 4.84. The molecule has 2 aromatic heterocycles. The van der Waals surface area contributed by atoms with Gasteiger partial charge >= 0.3 is 0 Å². The second kappa shape index (κ2) is 5.53. The molecule has 0 amide bonds. The molecule has 0 aliphatic heterocycles. The Morgan fingerprint density at radius 2 is 2.09 bits per heavy atom. The Labute approximate surface area is 133 Å². The van der Waals surface area contributed by atoms with Crippen LogP contribution in [-0.4, -0.2) is 33.3 Å². The topological polar surface area (TPSA) is 66.8 Å². The quantitative estimate of drug-likeness (QED) is 0.803. The first kappa shape index (κ1) is 14.0. The summed E-state index contributed by atoms with van der Waals surface area (Å²) in [6.45, 7) is 0.925. The van der Waals surface area contributed by atoms with E-state index in [1.165, 1.54) is 19.3 Å². The maximum Gasteiger partial charge on any atom is 0.263 e. The zero-order chi connectivity index (χ0) is 15.8. The minimum atomic E-state index is -0.146. The fourth-order valence-electron chi connectivity index (χ4n) is 2.99. The SMILES string of the molecule is CN(CC1CCC1)c1nc2c(cnn2-c2ccccc2)c(=O)[nH]1. The highest BCUT2D eigenvalue weighted by Gasteiger charge is 2.21. The van der Waals surface area contributed by atoms with Crippen LogP contribution >= 0.6 is 0 Å². The number of benzene rings is 1. The van der Waals surface area contributed by atoms with Crippen molar-refractivity contribution < 1.29 is 0 Å². The van der Waals surface area contributed by atoms with Gasteiger partial charge in [0.25, 0.3) is 5.56 Å². The molecule has 1 saturated carbocycles. The van der Waals surface area contributed by atoms with Crippen molar-refractivity contribution in [2.24, 2.45) is 5.92 Å². The van der Waals surface area contributed by atoms with Gasteiger partial charge in [-0.1, -0.05) is 24.6 Å². The van der Waals surface area contributed by atoms with E-state index in [0.717, 1.165) is 12.2 Å². The third kappa shape index (κ3) is 2.50. The van der Waals surface area contributed by atoms with E-state index in [4.69, 9.17) is 0 Å². The minimum absolute atomic E-state index is 0.146. The molecule has 0 atom stereocenters. The molecule has 1 N–H and O–H groups in total. The third-order valence-corrected chi connectivity index (χ3v) is 4.54. The number of anilines is 1. The lowest BCUT2D eigenvalue weighted by Crippen LogP contribution is -2.31. The van der Waals surface area contributed by atoms with E-state index in [2.05, 4.69) is 15.1 Å². The van der Waals surface area contributed by atoms with Crippen molar-refractivity contribution in [3.8, 4) is 5.69 Å². The predicted molar refractivity (Wildman–Crippen MR) is 90.1 cm³/mol. The number of para-hydroxylation sites is 1. The second-order valence-corrected chi connectivity index (χ2v) is 6.20. The van der Waals surface area contributed by atoms with Crippen LogP contribution in [0.3, 0.4) is 0 Å². The van der Waals surface area contributed by atoms with E-state index >= 15 is 0 Å². The Morgan fingerprint density at radius 1 is 1.30 bits per heavy atom. The molecule has 23 heavy (non-hydrogen) atoms. The Hall–Kier alpha value is -2.63. The van der Waals surface area contributed by atoms with Crippen LogP contribution in [0.5, 0.6) is 0 Å². The van der Waals surface area contributed by atoms with Gasteiger partial charge < -0.3 is 4.90 Å². The van der Waals surface area contributed by atoms with Crippen molar-refractivity contribution in [3.05, 3.63) is 46.9 Å². The van der Waals surface area contributed by atoms with Gasteiger partial charge in [-0.15, -0.1) is 0 Å². The van der Waals surface area contributed by atoms with Gasteiger partial charge in [-0.3, -0.25) is 9.78 Å². The van der Waals surface area contributed by atoms with Crippen LogP contribution in [-0.2, 0) is 0 Å². The van der Waals surface area contributed by atoms with Crippen molar-refractivity contribution >= 4 is 17.0 Å². The number of hydrogen-bond acceptors (Lipinski definition) is 4. The van der Waals surface area contributed by atoms with Crippen molar-refractivity contribution in [2.75, 3.05) is 18.5 Å². The average Bonchev–Trinajstić information content (AvgIpc) is 2.96. The molecule has 4 rings (SSSR count). The summed E-state index contributed by atoms with van der Waals surface area (Å²) < 4.78 is 1.71. The lowest BCUT2D eigenvalue weighted by Gasteiger charge is -2.30. The Morgan fingerprint density at radius 3 is 2.78 bits per heavy atom. The fraction of sp³-hybridized carbons (Fsp3) is 0.353. The summed E-state index contributed by atoms with van der Waals surface area (Å²) in [6, 6.07) is 9.74. The molecule has 0 saturated heterocycles. The number of aromatic nitrogens is 4. The molecular formula is C17H19N5O. The lowest BCUT2D eigenvalue weighted by atomic mass is 9.85. The van der Waals surface area contributed by atoms with Gasteiger partial charge in [0, 0.05) is 13.6 Å². The lowest BCUT2D eigenvalue weighted by molar-refractivity contribution is 0.320. The molecule has 1 aliphatic rings. The van der Waals surface area contributed by atoms with E-state index in [0.29, 0.717) is 22.9 Å². The maximum atomic E-state index is 12.3. The number of nitrogens with zero attached hydrogens (tertiary/aromatic N) is 4. The van der Waals surface area contributed by atoms with Crippen LogP contribution in [0.2, 0.25) is 0 Å². The number of H-pyrrole nitrogens is 1. The fourth-order valence-corrected chi connectivity index (χ4v) is 2.99. The van der Waals surface area contributed by atoms with Gasteiger partial charge in [0.1, 0.15) is 5.39 Å². The van der Waals surface area contributed by atoms with Crippen LogP contribution in [0, 0.1) is 5.92 Å². The third-order valence-electron chi connectivity index (χ3n) is 4.54. The molecular weight excluding hydrogens is 290 g/mol. The molecule has 1 aromatic carbocycles. The van der Waals surface area contributed by atoms with Crippen LogP contribution in [0.25, 0.3) is 16.7 Å². The van der Waals surface area contributed by atoms with E-state index in [9.17, 15) is 4.79 Å². The summed E-state index contributed by atoms with van der Waals surface area (Å²) in [5.74, 6) is 1.31. The van der Waals surface area contributed by atoms with Crippen LogP contribution < -0.4 is 10.5 Å². The molecule has 0 unspecified atom stereocenters. The Kier molecular flexibility index (Phi) is 3.37. The smallest absolute Gasteiger partial charge is 0.263 e. The number of nitrogens with one attached hydrogen (secondary N) is 1. The van der Waals surface area contributed by atoms with Crippen molar-refractivity contribution in [2.45, 2.75) is 19.3 Å². The standard InChI is InChI=1S/C17H19N5O/c1-21(11-12-6-5-7-12)17-19-15-14(16(23)20-17)10-18-22(15)13-8-3-2-4-9-13/h2-4,8-10,12H,5-7,11H2,1H3,(H,19,20,23). The van der Waals surface area contributed by atoms with Crippen molar-refractivity contribution in [1.29, 1.82) is 0 Å². The van der Waals surface area contributed by atoms with Gasteiger partial charge in [0.15, 0.2) is 5.65 Å². The summed E-state index contributed by atoms with van der Waals surface area (Å²) >= 11 is 0. The second-order valence-electron chi connectivity index (χ2n) is 6.20. The number of rotatable bonds is 4. The molecule has 6 heteroatoms. The molecule has 0 radical (unpaired) electrons. The monoisotopic (exact) mass is 309 g/mol. The Bertz CT molecular complexity index is 879. The molecule has 0 spiro atoms. The van der Waals surface area contributed by atoms with Crippen molar-refractivity contribution in [1.82, 2.24) is 19.7 Å². The molecule has 1 aliphatic carbocycles. The summed E-state index contributed by atoms with van der Waals surface area (Å²) in [5.41, 5.74) is 1.34. The largest absolute Gasteiger partial charge is 0.345 e. The first-order valence-corrected chi connectivity index (χ1v) is 7.97. The first-order valence-electron chi connectivity index (χ1n) is 7.97. The Balaban J connectivity index is 1.77. The first-order chi connectivity index (χ1) is 11.2. The molecule has 6 nitrogen and oxygen atoms in total. The van der Waals surface area contributed by atoms with E-state index in [-0.39, 0.29) is 5.56 Å². The summed E-state index contributed by atoms with van der Waals surface area (Å²) in [7, 11) is 1.98. The van der Waals surface area contributed by atoms with Gasteiger partial charge in [-0.05, 0) is 30.9 Å². The number of fused-ring (bicyclic) bond motifs is 1. The van der Waals surface area contributed by atoms with Gasteiger partial charge in [0.05, 0.1) is 11.9 Å². The zero-order valence-corrected chi connectivity index (χ0v) is 13.1. The predicted octanol–water partition coefficient (Wildman–Crippen LogP) is 2.35. The summed E-state index contributed by atoms with van der Waals surface area (Å²) in [6.07, 6.45) is 5.41. The van der Waals surface area contributed by atoms with E-state index in [1.807, 2.05) is 42.3 Å². The molecule has 1 fully saturated rings. The molecule has 2 heterocycles. The minimum Gasteiger partial charge on any atom is -0.345 e. The van der Waals surface area contributed by atoms with Crippen molar-refractivity contribution in [3.63, 3.8) is 0 Å². The molecule has 3 aromatic rings. The number of hydrogen-bond donors (Lipinski definition) is 1. The maximum absolute atomic E-state index is 12.3. The zero-order valence-electron chi connectivity index (χ0n) is 13.1. The van der Waals surface area contributed by atoms with Crippen LogP contribution in [0.4, 0.5) is 5.95 Å². The van der Waals surface area contributed by atoms with E-state index in [1.54, 1.807) is 10.9 Å². The van der Waals surface area contributed by atoms with Gasteiger partial charge in [-0.25, -0.2) is 4.68 Å². The van der Waals surface area contributed by atoms with Crippen LogP contribution in [0.15, 0.2) is 41.3 Å². The van der Waals surface area contributed by atoms with Gasteiger partial charge in [0.2, 0.25) is 5.95 Å². The number of aromatic amines is 1.